The van der Waals surface area contributed by atoms with E-state index in [2.05, 4.69) is 10.3 Å². The number of halogens is 2. The van der Waals surface area contributed by atoms with Gasteiger partial charge in [0.25, 0.3) is 5.91 Å². The Balaban J connectivity index is 2.93. The van der Waals surface area contributed by atoms with Gasteiger partial charge in [-0.2, -0.15) is 0 Å². The van der Waals surface area contributed by atoms with Gasteiger partial charge < -0.3 is 10.1 Å². The molecular weight excluding hydrogens is 277 g/mol. The molecule has 1 N–H and O–H groups in total. The highest BCUT2D eigenvalue weighted by molar-refractivity contribution is 6.40. The Labute approximate surface area is 116 Å². The fourth-order valence-electron chi connectivity index (χ4n) is 1.27. The molecule has 7 heteroatoms. The van der Waals surface area contributed by atoms with Crippen LogP contribution < -0.4 is 5.32 Å². The molecule has 1 aromatic rings. The van der Waals surface area contributed by atoms with Crippen LogP contribution in [0, 0.1) is 0 Å². The average molecular weight is 294 g/mol. The molecule has 0 aliphatic rings. The number of imidazole rings is 1. The molecule has 1 aromatic heterocycles. The second-order valence-electron chi connectivity index (χ2n) is 3.85. The summed E-state index contributed by atoms with van der Waals surface area (Å²) in [4.78, 5) is 16.0. The lowest BCUT2D eigenvalue weighted by atomic mass is 10.2. The van der Waals surface area contributed by atoms with Gasteiger partial charge in [-0.25, -0.2) is 4.98 Å². The summed E-state index contributed by atoms with van der Waals surface area (Å²) in [5.74, 6) is -0.142. The molecule has 0 aliphatic heterocycles. The Morgan fingerprint density at radius 1 is 1.50 bits per heavy atom. The Morgan fingerprint density at radius 2 is 2.17 bits per heavy atom. The largest absolute Gasteiger partial charge is 0.361 e. The summed E-state index contributed by atoms with van der Waals surface area (Å²) in [6.45, 7) is 6.41. The van der Waals surface area contributed by atoms with E-state index < -0.39 is 0 Å². The van der Waals surface area contributed by atoms with E-state index in [1.165, 1.54) is 4.57 Å². The van der Waals surface area contributed by atoms with E-state index in [-0.39, 0.29) is 34.8 Å². The Morgan fingerprint density at radius 3 is 2.72 bits per heavy atom. The van der Waals surface area contributed by atoms with Crippen molar-refractivity contribution in [3.05, 3.63) is 16.1 Å². The van der Waals surface area contributed by atoms with Crippen LogP contribution in [-0.4, -0.2) is 28.1 Å². The van der Waals surface area contributed by atoms with Crippen LogP contribution in [0.3, 0.4) is 0 Å². The van der Waals surface area contributed by atoms with E-state index >= 15 is 0 Å². The molecule has 0 aromatic carbocycles. The van der Waals surface area contributed by atoms with E-state index in [4.69, 9.17) is 27.9 Å². The van der Waals surface area contributed by atoms with Crippen molar-refractivity contribution < 1.29 is 9.53 Å². The van der Waals surface area contributed by atoms with Crippen molar-refractivity contribution in [3.8, 4) is 0 Å². The van der Waals surface area contributed by atoms with E-state index in [0.717, 1.165) is 6.42 Å². The summed E-state index contributed by atoms with van der Waals surface area (Å²) in [6.07, 6.45) is 0.833. The minimum atomic E-state index is -0.308. The third-order valence-electron chi connectivity index (χ3n) is 2.48. The maximum atomic E-state index is 12.0. The van der Waals surface area contributed by atoms with Gasteiger partial charge in [-0.3, -0.25) is 9.36 Å². The molecule has 0 radical (unpaired) electrons. The van der Waals surface area contributed by atoms with Crippen molar-refractivity contribution >= 4 is 29.1 Å². The summed E-state index contributed by atoms with van der Waals surface area (Å²) in [7, 11) is 0. The number of nitrogens with one attached hydrogen (secondary N) is 1. The van der Waals surface area contributed by atoms with Crippen molar-refractivity contribution in [2.45, 2.75) is 40.0 Å². The standard InChI is InChI=1S/C11H17Cl2N3O2/c1-4-7(3)14-11(17)10-15-8(12)9(13)16(10)6-18-5-2/h7H,4-6H2,1-3H3,(H,14,17). The molecule has 5 nitrogen and oxygen atoms in total. The van der Waals surface area contributed by atoms with E-state index in [1.54, 1.807) is 0 Å². The molecule has 1 amide bonds. The number of carbonyl (C=O) groups excluding carboxylic acids is 1. The monoisotopic (exact) mass is 293 g/mol. The predicted octanol–water partition coefficient (Wildman–Crippen LogP) is 2.71. The Bertz CT molecular complexity index is 421. The highest BCUT2D eigenvalue weighted by Gasteiger charge is 2.20. The van der Waals surface area contributed by atoms with Gasteiger partial charge in [-0.15, -0.1) is 0 Å². The Kier molecular flexibility index (Phi) is 5.91. The second kappa shape index (κ2) is 6.97. The minimum Gasteiger partial charge on any atom is -0.361 e. The zero-order valence-corrected chi connectivity index (χ0v) is 12.2. The predicted molar refractivity (Wildman–Crippen MR) is 71.1 cm³/mol. The lowest BCUT2D eigenvalue weighted by Crippen LogP contribution is -2.34. The number of hydrogen-bond acceptors (Lipinski definition) is 3. The molecule has 0 saturated heterocycles. The SMILES string of the molecule is CCOCn1c(C(=O)NC(C)CC)nc(Cl)c1Cl. The van der Waals surface area contributed by atoms with E-state index in [9.17, 15) is 4.79 Å². The molecule has 18 heavy (non-hydrogen) atoms. The molecule has 0 spiro atoms. The first-order valence-corrected chi connectivity index (χ1v) is 6.56. The van der Waals surface area contributed by atoms with Crippen molar-refractivity contribution in [3.63, 3.8) is 0 Å². The normalized spacial score (nSPS) is 12.5. The van der Waals surface area contributed by atoms with Crippen LogP contribution in [0.1, 0.15) is 37.8 Å². The molecule has 1 atom stereocenters. The number of hydrogen-bond donors (Lipinski definition) is 1. The van der Waals surface area contributed by atoms with Gasteiger partial charge in [0, 0.05) is 12.6 Å². The van der Waals surface area contributed by atoms with Crippen LogP contribution in [0.15, 0.2) is 0 Å². The van der Waals surface area contributed by atoms with Gasteiger partial charge >= 0.3 is 0 Å². The number of nitrogens with zero attached hydrogens (tertiary/aromatic N) is 2. The van der Waals surface area contributed by atoms with Crippen LogP contribution in [0.4, 0.5) is 0 Å². The number of rotatable bonds is 6. The van der Waals surface area contributed by atoms with Gasteiger partial charge in [0.05, 0.1) is 0 Å². The molecule has 0 aliphatic carbocycles. The second-order valence-corrected chi connectivity index (χ2v) is 4.57. The zero-order chi connectivity index (χ0) is 13.7. The number of carbonyl (C=O) groups is 1. The van der Waals surface area contributed by atoms with Gasteiger partial charge in [-0.1, -0.05) is 30.1 Å². The van der Waals surface area contributed by atoms with Crippen molar-refractivity contribution in [1.82, 2.24) is 14.9 Å². The quantitative estimate of drug-likeness (QED) is 0.877. The Hall–Kier alpha value is -0.780. The fraction of sp³-hybridized carbons (Fsp3) is 0.636. The molecule has 0 saturated carbocycles. The highest BCUT2D eigenvalue weighted by Crippen LogP contribution is 2.23. The summed E-state index contributed by atoms with van der Waals surface area (Å²) in [6, 6.07) is 0.0623. The maximum Gasteiger partial charge on any atom is 0.287 e. The first kappa shape index (κ1) is 15.3. The lowest BCUT2D eigenvalue weighted by Gasteiger charge is -2.12. The maximum absolute atomic E-state index is 12.0. The van der Waals surface area contributed by atoms with Crippen LogP contribution in [0.25, 0.3) is 0 Å². The summed E-state index contributed by atoms with van der Waals surface area (Å²) >= 11 is 11.8. The molecule has 1 rings (SSSR count). The minimum absolute atomic E-state index is 0.0623. The molecule has 102 valence electrons. The summed E-state index contributed by atoms with van der Waals surface area (Å²) < 4.78 is 6.69. The van der Waals surface area contributed by atoms with Crippen molar-refractivity contribution in [2.75, 3.05) is 6.61 Å². The first-order valence-electron chi connectivity index (χ1n) is 5.81. The van der Waals surface area contributed by atoms with E-state index in [0.29, 0.717) is 6.61 Å². The third-order valence-corrected chi connectivity index (χ3v) is 3.23. The average Bonchev–Trinajstić information content (AvgIpc) is 2.63. The summed E-state index contributed by atoms with van der Waals surface area (Å²) in [5, 5.41) is 3.12. The molecule has 0 fully saturated rings. The topological polar surface area (TPSA) is 56.1 Å². The van der Waals surface area contributed by atoms with Gasteiger partial charge in [-0.05, 0) is 20.3 Å². The number of aromatic nitrogens is 2. The van der Waals surface area contributed by atoms with Crippen molar-refractivity contribution in [1.29, 1.82) is 0 Å². The molecule has 1 unspecified atom stereocenters. The first-order chi connectivity index (χ1) is 8.51. The van der Waals surface area contributed by atoms with Crippen molar-refractivity contribution in [2.24, 2.45) is 0 Å². The van der Waals surface area contributed by atoms with Crippen LogP contribution >= 0.6 is 23.2 Å². The number of amides is 1. The van der Waals surface area contributed by atoms with Gasteiger partial charge in [0.2, 0.25) is 5.82 Å². The smallest absolute Gasteiger partial charge is 0.287 e. The van der Waals surface area contributed by atoms with Gasteiger partial charge in [0.15, 0.2) is 5.15 Å². The van der Waals surface area contributed by atoms with Crippen LogP contribution in [0.2, 0.25) is 10.3 Å². The fourth-order valence-corrected chi connectivity index (χ4v) is 1.62. The number of ether oxygens (including phenoxy) is 1. The summed E-state index contributed by atoms with van der Waals surface area (Å²) in [5.41, 5.74) is 0. The zero-order valence-electron chi connectivity index (χ0n) is 10.7. The molecule has 0 bridgehead atoms. The molecular formula is C11H17Cl2N3O2. The van der Waals surface area contributed by atoms with Crippen LogP contribution in [0.5, 0.6) is 0 Å². The lowest BCUT2D eigenvalue weighted by molar-refractivity contribution is 0.0782. The van der Waals surface area contributed by atoms with Crippen LogP contribution in [-0.2, 0) is 11.5 Å². The third kappa shape index (κ3) is 3.60. The van der Waals surface area contributed by atoms with Gasteiger partial charge in [0.1, 0.15) is 11.9 Å². The molecule has 1 heterocycles. The van der Waals surface area contributed by atoms with E-state index in [1.807, 2.05) is 20.8 Å². The highest BCUT2D eigenvalue weighted by atomic mass is 35.5.